The molecule has 78 valence electrons. The first kappa shape index (κ1) is 12.8. The van der Waals surface area contributed by atoms with E-state index in [4.69, 9.17) is 37.1 Å². The molecule has 0 radical (unpaired) electrons. The number of hydrogen-bond donors (Lipinski definition) is 5. The summed E-state index contributed by atoms with van der Waals surface area (Å²) in [6.45, 7) is -0.804. The van der Waals surface area contributed by atoms with Crippen LogP contribution in [0.25, 0.3) is 0 Å². The second kappa shape index (κ2) is 5.48. The van der Waals surface area contributed by atoms with E-state index in [1.165, 1.54) is 0 Å². The molecule has 0 spiro atoms. The molecule has 0 saturated heterocycles. The van der Waals surface area contributed by atoms with E-state index in [2.05, 4.69) is 0 Å². The van der Waals surface area contributed by atoms with Crippen molar-refractivity contribution in [3.63, 3.8) is 0 Å². The third-order valence-electron chi connectivity index (χ3n) is 1.49. The maximum absolute atomic E-state index is 10.3. The predicted octanol–water partition coefficient (Wildman–Crippen LogP) is -2.81. The van der Waals surface area contributed by atoms with Gasteiger partial charge in [-0.05, 0) is 11.6 Å². The molecule has 13 heavy (non-hydrogen) atoms. The van der Waals surface area contributed by atoms with Gasteiger partial charge in [-0.1, -0.05) is 0 Å². The number of rotatable bonds is 5. The zero-order chi connectivity index (χ0) is 10.6. The van der Waals surface area contributed by atoms with E-state index in [9.17, 15) is 4.79 Å². The molecule has 0 fully saturated rings. The minimum Gasteiger partial charge on any atom is -0.394 e. The van der Waals surface area contributed by atoms with Crippen molar-refractivity contribution >= 4 is 16.8 Å². The van der Waals surface area contributed by atoms with Crippen LogP contribution in [0.1, 0.15) is 0 Å². The first-order valence-electron chi connectivity index (χ1n) is 3.44. The summed E-state index contributed by atoms with van der Waals surface area (Å²) in [4.78, 5) is 10.3. The van der Waals surface area contributed by atoms with E-state index in [1.54, 1.807) is 0 Å². The fourth-order valence-electron chi connectivity index (χ4n) is 0.657. The van der Waals surface area contributed by atoms with Crippen molar-refractivity contribution in [1.82, 2.24) is 0 Å². The molecule has 0 aliphatic heterocycles. The van der Waals surface area contributed by atoms with Crippen molar-refractivity contribution in [3.8, 4) is 0 Å². The Morgan fingerprint density at radius 1 is 1.15 bits per heavy atom. The van der Waals surface area contributed by atoms with Gasteiger partial charge in [0.05, 0.1) is 6.61 Å². The summed E-state index contributed by atoms with van der Waals surface area (Å²) < 4.78 is 0. The van der Waals surface area contributed by atoms with Crippen LogP contribution in [0.3, 0.4) is 0 Å². The average Bonchev–Trinajstić information content (AvgIpc) is 2.12. The maximum atomic E-state index is 10.3. The predicted molar refractivity (Wildman–Crippen MR) is 42.0 cm³/mol. The Morgan fingerprint density at radius 2 is 1.62 bits per heavy atom. The van der Waals surface area contributed by atoms with Gasteiger partial charge >= 0.3 is 0 Å². The van der Waals surface area contributed by atoms with Crippen molar-refractivity contribution < 1.29 is 30.3 Å². The number of carbonyl (C=O) groups is 1. The second-order valence-corrected chi connectivity index (χ2v) is 2.85. The van der Waals surface area contributed by atoms with Gasteiger partial charge in [0.1, 0.15) is 18.3 Å². The summed E-state index contributed by atoms with van der Waals surface area (Å²) in [5, 5.41) is 42.7. The molecule has 7 heteroatoms. The first-order valence-corrected chi connectivity index (χ1v) is 3.82. The molecule has 0 unspecified atom stereocenters. The van der Waals surface area contributed by atoms with Crippen molar-refractivity contribution in [1.29, 1.82) is 0 Å². The monoisotopic (exact) mass is 214 g/mol. The largest absolute Gasteiger partial charge is 0.394 e. The van der Waals surface area contributed by atoms with Crippen molar-refractivity contribution in [3.05, 3.63) is 0 Å². The molecule has 0 aliphatic rings. The van der Waals surface area contributed by atoms with Crippen molar-refractivity contribution in [2.45, 2.75) is 24.4 Å². The minimum absolute atomic E-state index is 0.804. The molecule has 4 atom stereocenters. The number of aliphatic hydroxyl groups excluding tert-OH is 5. The second-order valence-electron chi connectivity index (χ2n) is 2.48. The van der Waals surface area contributed by atoms with Gasteiger partial charge in [0.2, 0.25) is 0 Å². The van der Waals surface area contributed by atoms with Gasteiger partial charge in [-0.15, -0.1) is 0 Å². The lowest BCUT2D eigenvalue weighted by molar-refractivity contribution is -0.140. The Labute approximate surface area is 79.0 Å². The number of halogens is 1. The number of aliphatic hydroxyl groups is 5. The SMILES string of the molecule is O=C(Cl)[C@@H](O)[C@@H](O)[C@H](O)[C@H](O)CO. The van der Waals surface area contributed by atoms with Crippen LogP contribution < -0.4 is 0 Å². The highest BCUT2D eigenvalue weighted by atomic mass is 35.5. The molecular weight excluding hydrogens is 204 g/mol. The zero-order valence-corrected chi connectivity index (χ0v) is 7.29. The summed E-state index contributed by atoms with van der Waals surface area (Å²) in [7, 11) is 0. The minimum atomic E-state index is -1.99. The topological polar surface area (TPSA) is 118 Å². The maximum Gasteiger partial charge on any atom is 0.253 e. The summed E-state index contributed by atoms with van der Waals surface area (Å²) in [6.07, 6.45) is -7.38. The lowest BCUT2D eigenvalue weighted by Crippen LogP contribution is -2.47. The van der Waals surface area contributed by atoms with Crippen molar-refractivity contribution in [2.24, 2.45) is 0 Å². The van der Waals surface area contributed by atoms with Gasteiger partial charge in [-0.25, -0.2) is 0 Å². The fraction of sp³-hybridized carbons (Fsp3) is 0.833. The van der Waals surface area contributed by atoms with Crippen LogP contribution in [0, 0.1) is 0 Å². The molecule has 0 bridgehead atoms. The molecule has 0 aromatic carbocycles. The van der Waals surface area contributed by atoms with E-state index in [1.807, 2.05) is 0 Å². The molecule has 5 N–H and O–H groups in total. The normalized spacial score (nSPS) is 20.5. The Bertz CT molecular complexity index is 175. The van der Waals surface area contributed by atoms with E-state index >= 15 is 0 Å². The standard InChI is InChI=1S/C6H11ClO6/c7-6(13)5(12)4(11)3(10)2(9)1-8/h2-5,8-12H,1H2/t2-,3-,4+,5+/m1/s1. The average molecular weight is 215 g/mol. The van der Waals surface area contributed by atoms with Gasteiger partial charge in [0.15, 0.2) is 6.10 Å². The number of hydrogen-bond acceptors (Lipinski definition) is 6. The van der Waals surface area contributed by atoms with Crippen LogP contribution in [0.5, 0.6) is 0 Å². The van der Waals surface area contributed by atoms with Crippen molar-refractivity contribution in [2.75, 3.05) is 6.61 Å². The van der Waals surface area contributed by atoms with Crippen LogP contribution in [0.4, 0.5) is 0 Å². The first-order chi connectivity index (χ1) is 5.91. The molecule has 0 aromatic rings. The summed E-state index contributed by atoms with van der Waals surface area (Å²) in [5.41, 5.74) is 0. The molecule has 6 nitrogen and oxygen atoms in total. The lowest BCUT2D eigenvalue weighted by Gasteiger charge is -2.23. The quantitative estimate of drug-likeness (QED) is 0.315. The molecular formula is C6H11ClO6. The Hall–Kier alpha value is -0.240. The number of carbonyl (C=O) groups excluding carboxylic acids is 1. The van der Waals surface area contributed by atoms with Crippen LogP contribution in [-0.2, 0) is 4.79 Å². The summed E-state index contributed by atoms with van der Waals surface area (Å²) in [6, 6.07) is 0. The fourth-order valence-corrected chi connectivity index (χ4v) is 0.786. The zero-order valence-electron chi connectivity index (χ0n) is 6.54. The third kappa shape index (κ3) is 3.55. The van der Waals surface area contributed by atoms with Crippen LogP contribution in [-0.4, -0.2) is 61.8 Å². The Balaban J connectivity index is 4.24. The summed E-state index contributed by atoms with van der Waals surface area (Å²) >= 11 is 4.81. The molecule has 0 rings (SSSR count). The Morgan fingerprint density at radius 3 is 1.92 bits per heavy atom. The molecule has 0 heterocycles. The van der Waals surface area contributed by atoms with Crippen LogP contribution in [0.2, 0.25) is 0 Å². The smallest absolute Gasteiger partial charge is 0.253 e. The van der Waals surface area contributed by atoms with Gasteiger partial charge < -0.3 is 25.5 Å². The molecule has 0 aromatic heterocycles. The highest BCUT2D eigenvalue weighted by Crippen LogP contribution is 2.07. The van der Waals surface area contributed by atoms with Gasteiger partial charge in [-0.2, -0.15) is 0 Å². The third-order valence-corrected chi connectivity index (χ3v) is 1.71. The van der Waals surface area contributed by atoms with Gasteiger partial charge in [-0.3, -0.25) is 4.79 Å². The molecule has 0 aliphatic carbocycles. The van der Waals surface area contributed by atoms with E-state index in [0.29, 0.717) is 0 Å². The van der Waals surface area contributed by atoms with E-state index in [-0.39, 0.29) is 0 Å². The Kier molecular flexibility index (Phi) is 5.38. The molecule has 0 amide bonds. The van der Waals surface area contributed by atoms with Crippen LogP contribution in [0.15, 0.2) is 0 Å². The van der Waals surface area contributed by atoms with E-state index < -0.39 is 36.3 Å². The highest BCUT2D eigenvalue weighted by Gasteiger charge is 2.33. The summed E-state index contributed by atoms with van der Waals surface area (Å²) in [5.74, 6) is 0. The highest BCUT2D eigenvalue weighted by molar-refractivity contribution is 6.64. The van der Waals surface area contributed by atoms with Crippen LogP contribution >= 0.6 is 11.6 Å². The molecule has 0 saturated carbocycles. The van der Waals surface area contributed by atoms with Gasteiger partial charge in [0.25, 0.3) is 5.24 Å². The van der Waals surface area contributed by atoms with E-state index in [0.717, 1.165) is 0 Å². The lowest BCUT2D eigenvalue weighted by atomic mass is 10.0. The van der Waals surface area contributed by atoms with Gasteiger partial charge in [0, 0.05) is 0 Å².